The van der Waals surface area contributed by atoms with Crippen molar-refractivity contribution in [1.29, 1.82) is 0 Å². The van der Waals surface area contributed by atoms with Crippen molar-refractivity contribution in [3.8, 4) is 11.5 Å². The Morgan fingerprint density at radius 2 is 1.96 bits per heavy atom. The number of hydrogen-bond donors (Lipinski definition) is 4. The topological polar surface area (TPSA) is 124 Å². The fourth-order valence-corrected chi connectivity index (χ4v) is 3.71. The summed E-state index contributed by atoms with van der Waals surface area (Å²) in [4.78, 5) is 41.7. The molecule has 0 radical (unpaired) electrons. The van der Waals surface area contributed by atoms with Gasteiger partial charge in [-0.2, -0.15) is 0 Å². The van der Waals surface area contributed by atoms with E-state index < -0.39 is 17.2 Å². The minimum Gasteiger partial charge on any atom is -0.504 e. The van der Waals surface area contributed by atoms with Crippen molar-refractivity contribution in [3.05, 3.63) is 61.4 Å². The Morgan fingerprint density at radius 3 is 2.69 bits per heavy atom. The lowest BCUT2D eigenvalue weighted by molar-refractivity contribution is -0.116. The maximum absolute atomic E-state index is 12.6. The number of methoxy groups -OCH3 is 1. The number of rotatable bonds is 2. The van der Waals surface area contributed by atoms with Crippen LogP contribution in [-0.4, -0.2) is 28.0 Å². The zero-order valence-corrected chi connectivity index (χ0v) is 14.0. The predicted octanol–water partition coefficient (Wildman–Crippen LogP) is 1.34. The quantitative estimate of drug-likeness (QED) is 0.644. The number of ketones is 1. The van der Waals surface area contributed by atoms with Crippen LogP contribution in [0.4, 0.5) is 5.82 Å². The fraction of sp³-hybridized carbons (Fsp3) is 0.278. The van der Waals surface area contributed by atoms with Crippen molar-refractivity contribution >= 4 is 11.6 Å². The predicted molar refractivity (Wildman–Crippen MR) is 93.7 cm³/mol. The van der Waals surface area contributed by atoms with E-state index in [1.807, 2.05) is 0 Å². The summed E-state index contributed by atoms with van der Waals surface area (Å²) in [6, 6.07) is 4.77. The standard InChI is InChI=1S/C18H17N3O5/c1-26-12-6-5-8(7-11(12)23)13-14-9(3-2-4-10(14)22)19-16-15(13)17(24)21-18(25)20-16/h5-7,13,23H,2-4H2,1H3,(H3,19,20,21,24,25)/t13-/m1/s1. The molecule has 1 aromatic heterocycles. The van der Waals surface area contributed by atoms with E-state index in [0.29, 0.717) is 41.8 Å². The number of phenols is 1. The summed E-state index contributed by atoms with van der Waals surface area (Å²) in [6.45, 7) is 0. The molecule has 0 spiro atoms. The number of phenolic OH excluding ortho intramolecular Hbond substituents is 1. The number of ether oxygens (including phenoxy) is 1. The molecule has 1 aliphatic heterocycles. The van der Waals surface area contributed by atoms with Crippen molar-refractivity contribution < 1.29 is 14.6 Å². The van der Waals surface area contributed by atoms with E-state index >= 15 is 0 Å². The molecule has 0 saturated carbocycles. The molecule has 0 saturated heterocycles. The number of carbonyl (C=O) groups is 1. The highest BCUT2D eigenvalue weighted by atomic mass is 16.5. The molecule has 0 bridgehead atoms. The molecular formula is C18H17N3O5. The Morgan fingerprint density at radius 1 is 1.15 bits per heavy atom. The normalized spacial score (nSPS) is 18.8. The van der Waals surface area contributed by atoms with Gasteiger partial charge in [-0.1, -0.05) is 6.07 Å². The fourth-order valence-electron chi connectivity index (χ4n) is 3.71. The van der Waals surface area contributed by atoms with Gasteiger partial charge < -0.3 is 15.2 Å². The lowest BCUT2D eigenvalue weighted by atomic mass is 9.76. The van der Waals surface area contributed by atoms with Crippen molar-refractivity contribution in [2.24, 2.45) is 0 Å². The summed E-state index contributed by atoms with van der Waals surface area (Å²) in [7, 11) is 1.44. The zero-order valence-electron chi connectivity index (χ0n) is 14.0. The van der Waals surface area contributed by atoms with E-state index in [9.17, 15) is 19.5 Å². The van der Waals surface area contributed by atoms with Gasteiger partial charge in [-0.3, -0.25) is 19.6 Å². The number of nitrogens with one attached hydrogen (secondary N) is 3. The van der Waals surface area contributed by atoms with E-state index in [0.717, 1.165) is 0 Å². The SMILES string of the molecule is COc1ccc([C@@H]2C3=C(CCCC3=O)Nc3[nH]c(=O)[nH]c(=O)c32)cc1O. The highest BCUT2D eigenvalue weighted by molar-refractivity contribution is 6.00. The molecule has 2 aromatic rings. The molecule has 8 nitrogen and oxygen atoms in total. The number of aromatic hydroxyl groups is 1. The Hall–Kier alpha value is -3.29. The van der Waals surface area contributed by atoms with Crippen LogP contribution in [-0.2, 0) is 4.79 Å². The molecule has 0 unspecified atom stereocenters. The van der Waals surface area contributed by atoms with Gasteiger partial charge in [0.05, 0.1) is 12.7 Å². The summed E-state index contributed by atoms with van der Waals surface area (Å²) in [5.41, 5.74) is 0.848. The van der Waals surface area contributed by atoms with E-state index in [1.54, 1.807) is 12.1 Å². The van der Waals surface area contributed by atoms with Crippen molar-refractivity contribution in [2.45, 2.75) is 25.2 Å². The number of Topliss-reactive ketones (excluding diaryl/α,β-unsaturated/α-hetero) is 1. The third-order valence-corrected chi connectivity index (χ3v) is 4.83. The third-order valence-electron chi connectivity index (χ3n) is 4.83. The first-order valence-corrected chi connectivity index (χ1v) is 8.26. The molecule has 134 valence electrons. The number of carbonyl (C=O) groups excluding carboxylic acids is 1. The largest absolute Gasteiger partial charge is 0.504 e. The second-order valence-electron chi connectivity index (χ2n) is 6.36. The van der Waals surface area contributed by atoms with Crippen molar-refractivity contribution in [3.63, 3.8) is 0 Å². The molecular weight excluding hydrogens is 338 g/mol. The Kier molecular flexibility index (Phi) is 3.68. The summed E-state index contributed by atoms with van der Waals surface area (Å²) < 4.78 is 5.07. The first-order valence-electron chi connectivity index (χ1n) is 8.26. The van der Waals surface area contributed by atoms with E-state index in [2.05, 4.69) is 15.3 Å². The van der Waals surface area contributed by atoms with Gasteiger partial charge in [0.15, 0.2) is 17.3 Å². The Bertz CT molecular complexity index is 1060. The maximum atomic E-state index is 12.6. The Balaban J connectivity index is 1.99. The van der Waals surface area contributed by atoms with Crippen molar-refractivity contribution in [1.82, 2.24) is 9.97 Å². The van der Waals surface area contributed by atoms with Crippen LogP contribution in [0.3, 0.4) is 0 Å². The second-order valence-corrected chi connectivity index (χ2v) is 6.36. The molecule has 4 N–H and O–H groups in total. The van der Waals surface area contributed by atoms with Crippen LogP contribution in [0.15, 0.2) is 39.1 Å². The average Bonchev–Trinajstić information content (AvgIpc) is 2.60. The molecule has 1 aromatic carbocycles. The van der Waals surface area contributed by atoms with Gasteiger partial charge in [-0.25, -0.2) is 4.79 Å². The number of benzene rings is 1. The van der Waals surface area contributed by atoms with Crippen LogP contribution in [0.2, 0.25) is 0 Å². The first kappa shape index (κ1) is 16.2. The number of anilines is 1. The monoisotopic (exact) mass is 355 g/mol. The van der Waals surface area contributed by atoms with Crippen LogP contribution in [0.1, 0.15) is 36.3 Å². The maximum Gasteiger partial charge on any atom is 0.327 e. The summed E-state index contributed by atoms with van der Waals surface area (Å²) >= 11 is 0. The third kappa shape index (κ3) is 2.42. The molecule has 0 fully saturated rings. The lowest BCUT2D eigenvalue weighted by Crippen LogP contribution is -2.36. The summed E-state index contributed by atoms with van der Waals surface area (Å²) in [5, 5.41) is 13.2. The zero-order chi connectivity index (χ0) is 18.4. The van der Waals surface area contributed by atoms with Gasteiger partial charge in [0.2, 0.25) is 0 Å². The number of H-pyrrole nitrogens is 2. The highest BCUT2D eigenvalue weighted by Crippen LogP contribution is 2.44. The molecule has 1 aliphatic carbocycles. The Labute approximate surface area is 147 Å². The summed E-state index contributed by atoms with van der Waals surface area (Å²) in [5.74, 6) is -0.229. The van der Waals surface area contributed by atoms with Gasteiger partial charge in [-0.15, -0.1) is 0 Å². The first-order chi connectivity index (χ1) is 12.5. The smallest absolute Gasteiger partial charge is 0.327 e. The molecule has 2 aliphatic rings. The van der Waals surface area contributed by atoms with E-state index in [4.69, 9.17) is 4.74 Å². The number of hydrogen-bond acceptors (Lipinski definition) is 6. The molecule has 1 atom stereocenters. The molecule has 0 amide bonds. The molecule has 4 rings (SSSR count). The van der Waals surface area contributed by atoms with Gasteiger partial charge in [0.25, 0.3) is 5.56 Å². The van der Waals surface area contributed by atoms with Gasteiger partial charge in [0.1, 0.15) is 5.82 Å². The minimum absolute atomic E-state index is 0.0460. The van der Waals surface area contributed by atoms with Crippen LogP contribution >= 0.6 is 0 Å². The number of allylic oxidation sites excluding steroid dienone is 2. The van der Waals surface area contributed by atoms with Gasteiger partial charge in [-0.05, 0) is 30.5 Å². The molecule has 26 heavy (non-hydrogen) atoms. The average molecular weight is 355 g/mol. The minimum atomic E-state index is -0.675. The van der Waals surface area contributed by atoms with Crippen molar-refractivity contribution in [2.75, 3.05) is 12.4 Å². The highest BCUT2D eigenvalue weighted by Gasteiger charge is 2.37. The van der Waals surface area contributed by atoms with Gasteiger partial charge >= 0.3 is 5.69 Å². The second kappa shape index (κ2) is 5.91. The van der Waals surface area contributed by atoms with E-state index in [1.165, 1.54) is 13.2 Å². The lowest BCUT2D eigenvalue weighted by Gasteiger charge is -2.32. The number of aromatic nitrogens is 2. The van der Waals surface area contributed by atoms with Crippen LogP contribution in [0.25, 0.3) is 0 Å². The van der Waals surface area contributed by atoms with Gasteiger partial charge in [0, 0.05) is 23.6 Å². The van der Waals surface area contributed by atoms with Crippen LogP contribution in [0, 0.1) is 0 Å². The molecule has 8 heteroatoms. The van der Waals surface area contributed by atoms with Crippen LogP contribution < -0.4 is 21.3 Å². The van der Waals surface area contributed by atoms with Crippen LogP contribution in [0.5, 0.6) is 11.5 Å². The summed E-state index contributed by atoms with van der Waals surface area (Å²) in [6.07, 6.45) is 1.75. The number of aromatic amines is 2. The van der Waals surface area contributed by atoms with E-state index in [-0.39, 0.29) is 22.9 Å². The molecule has 2 heterocycles. The number of fused-ring (bicyclic) bond motifs is 1.